The van der Waals surface area contributed by atoms with Gasteiger partial charge in [-0.3, -0.25) is 0 Å². The number of hydrogen-bond donors (Lipinski definition) is 2. The fourth-order valence-electron chi connectivity index (χ4n) is 1.65. The van der Waals surface area contributed by atoms with Gasteiger partial charge in [0.2, 0.25) is 0 Å². The standard InChI is InChI=1S/C11H26N2/c1-2-3-4-5-6-7-11(10-13)8-9-12/h11H,2-10,12-13H2,1H3. The molecule has 0 aromatic carbocycles. The molecule has 2 heteroatoms. The highest BCUT2D eigenvalue weighted by molar-refractivity contribution is 4.60. The van der Waals surface area contributed by atoms with E-state index < -0.39 is 0 Å². The molecule has 1 atom stereocenters. The molecule has 0 aliphatic heterocycles. The lowest BCUT2D eigenvalue weighted by molar-refractivity contribution is 0.438. The molecule has 13 heavy (non-hydrogen) atoms. The van der Waals surface area contributed by atoms with Gasteiger partial charge in [-0.1, -0.05) is 39.0 Å². The first kappa shape index (κ1) is 12.9. The lowest BCUT2D eigenvalue weighted by Gasteiger charge is -2.12. The van der Waals surface area contributed by atoms with E-state index in [2.05, 4.69) is 6.92 Å². The van der Waals surface area contributed by atoms with Crippen LogP contribution >= 0.6 is 0 Å². The predicted molar refractivity (Wildman–Crippen MR) is 59.6 cm³/mol. The number of hydrogen-bond acceptors (Lipinski definition) is 2. The first-order chi connectivity index (χ1) is 6.35. The van der Waals surface area contributed by atoms with Crippen molar-refractivity contribution in [2.24, 2.45) is 17.4 Å². The van der Waals surface area contributed by atoms with E-state index in [1.165, 1.54) is 38.5 Å². The molecule has 80 valence electrons. The zero-order valence-corrected chi connectivity index (χ0v) is 9.10. The lowest BCUT2D eigenvalue weighted by atomic mass is 9.97. The Bertz CT molecular complexity index is 94.1. The smallest absolute Gasteiger partial charge is 0.00484 e. The Labute approximate surface area is 83.1 Å². The van der Waals surface area contributed by atoms with Crippen molar-refractivity contribution in [2.75, 3.05) is 13.1 Å². The minimum Gasteiger partial charge on any atom is -0.330 e. The Balaban J connectivity index is 3.17. The van der Waals surface area contributed by atoms with Gasteiger partial charge in [0.05, 0.1) is 0 Å². The second-order valence-electron chi connectivity index (χ2n) is 3.88. The van der Waals surface area contributed by atoms with Crippen molar-refractivity contribution >= 4 is 0 Å². The molecular formula is C11H26N2. The topological polar surface area (TPSA) is 52.0 Å². The molecule has 0 aliphatic rings. The van der Waals surface area contributed by atoms with Gasteiger partial charge in [0.15, 0.2) is 0 Å². The van der Waals surface area contributed by atoms with Crippen molar-refractivity contribution in [3.8, 4) is 0 Å². The summed E-state index contributed by atoms with van der Waals surface area (Å²) in [5.41, 5.74) is 11.1. The summed E-state index contributed by atoms with van der Waals surface area (Å²) in [7, 11) is 0. The summed E-state index contributed by atoms with van der Waals surface area (Å²) in [5, 5.41) is 0. The number of nitrogens with two attached hydrogens (primary N) is 2. The first-order valence-electron chi connectivity index (χ1n) is 5.75. The van der Waals surface area contributed by atoms with Gasteiger partial charge in [-0.25, -0.2) is 0 Å². The van der Waals surface area contributed by atoms with Crippen molar-refractivity contribution < 1.29 is 0 Å². The van der Waals surface area contributed by atoms with Gasteiger partial charge >= 0.3 is 0 Å². The highest BCUT2D eigenvalue weighted by Gasteiger charge is 2.04. The van der Waals surface area contributed by atoms with E-state index in [9.17, 15) is 0 Å². The second kappa shape index (κ2) is 10.0. The van der Waals surface area contributed by atoms with E-state index >= 15 is 0 Å². The van der Waals surface area contributed by atoms with Gasteiger partial charge in [0, 0.05) is 0 Å². The van der Waals surface area contributed by atoms with Gasteiger partial charge in [0.25, 0.3) is 0 Å². The second-order valence-corrected chi connectivity index (χ2v) is 3.88. The number of unbranched alkanes of at least 4 members (excludes halogenated alkanes) is 4. The molecule has 1 unspecified atom stereocenters. The molecule has 0 radical (unpaired) electrons. The molecule has 0 rings (SSSR count). The van der Waals surface area contributed by atoms with E-state index in [0.717, 1.165) is 19.5 Å². The monoisotopic (exact) mass is 186 g/mol. The molecule has 0 aromatic rings. The maximum Gasteiger partial charge on any atom is -0.00484 e. The third-order valence-corrected chi connectivity index (χ3v) is 2.62. The molecule has 0 heterocycles. The van der Waals surface area contributed by atoms with Crippen LogP contribution in [0.5, 0.6) is 0 Å². The SMILES string of the molecule is CCCCCCCC(CN)CCN. The molecular weight excluding hydrogens is 160 g/mol. The molecule has 0 fully saturated rings. The van der Waals surface area contributed by atoms with Crippen LogP contribution in [0.2, 0.25) is 0 Å². The van der Waals surface area contributed by atoms with E-state index in [4.69, 9.17) is 11.5 Å². The van der Waals surface area contributed by atoms with Crippen LogP contribution in [0.4, 0.5) is 0 Å². The third-order valence-electron chi connectivity index (χ3n) is 2.62. The molecule has 0 aliphatic carbocycles. The zero-order chi connectivity index (χ0) is 9.94. The van der Waals surface area contributed by atoms with Crippen LogP contribution in [0, 0.1) is 5.92 Å². The molecule has 2 nitrogen and oxygen atoms in total. The molecule has 0 bridgehead atoms. The average molecular weight is 186 g/mol. The highest BCUT2D eigenvalue weighted by Crippen LogP contribution is 2.13. The van der Waals surface area contributed by atoms with Crippen molar-refractivity contribution in [3.05, 3.63) is 0 Å². The van der Waals surface area contributed by atoms with Gasteiger partial charge in [-0.2, -0.15) is 0 Å². The fourth-order valence-corrected chi connectivity index (χ4v) is 1.65. The Morgan fingerprint density at radius 1 is 0.923 bits per heavy atom. The van der Waals surface area contributed by atoms with E-state index in [1.807, 2.05) is 0 Å². The quantitative estimate of drug-likeness (QED) is 0.543. The van der Waals surface area contributed by atoms with Gasteiger partial charge in [-0.05, 0) is 31.8 Å². The van der Waals surface area contributed by atoms with Crippen LogP contribution in [0.15, 0.2) is 0 Å². The van der Waals surface area contributed by atoms with Crippen LogP contribution in [0.3, 0.4) is 0 Å². The zero-order valence-electron chi connectivity index (χ0n) is 9.10. The maximum atomic E-state index is 5.64. The Morgan fingerprint density at radius 2 is 1.62 bits per heavy atom. The molecule has 0 aromatic heterocycles. The van der Waals surface area contributed by atoms with Gasteiger partial charge in [0.1, 0.15) is 0 Å². The molecule has 0 saturated carbocycles. The van der Waals surface area contributed by atoms with Crippen molar-refractivity contribution in [1.82, 2.24) is 0 Å². The van der Waals surface area contributed by atoms with Crippen LogP contribution in [-0.2, 0) is 0 Å². The van der Waals surface area contributed by atoms with Crippen LogP contribution in [-0.4, -0.2) is 13.1 Å². The number of rotatable bonds is 9. The summed E-state index contributed by atoms with van der Waals surface area (Å²) in [6.07, 6.45) is 9.17. The minimum absolute atomic E-state index is 0.673. The van der Waals surface area contributed by atoms with E-state index in [0.29, 0.717) is 5.92 Å². The first-order valence-corrected chi connectivity index (χ1v) is 5.75. The molecule has 4 N–H and O–H groups in total. The molecule has 0 saturated heterocycles. The highest BCUT2D eigenvalue weighted by atomic mass is 14.6. The van der Waals surface area contributed by atoms with E-state index in [-0.39, 0.29) is 0 Å². The summed E-state index contributed by atoms with van der Waals surface area (Å²) in [5.74, 6) is 0.673. The van der Waals surface area contributed by atoms with Crippen LogP contribution in [0.1, 0.15) is 51.9 Å². The summed E-state index contributed by atoms with van der Waals surface area (Å²) in [6.45, 7) is 3.85. The Morgan fingerprint density at radius 3 is 2.15 bits per heavy atom. The maximum absolute atomic E-state index is 5.64. The predicted octanol–water partition coefficient (Wildman–Crippen LogP) is 2.27. The lowest BCUT2D eigenvalue weighted by Crippen LogP contribution is -2.18. The van der Waals surface area contributed by atoms with Crippen molar-refractivity contribution in [3.63, 3.8) is 0 Å². The summed E-state index contributed by atoms with van der Waals surface area (Å²) >= 11 is 0. The van der Waals surface area contributed by atoms with Crippen molar-refractivity contribution in [1.29, 1.82) is 0 Å². The van der Waals surface area contributed by atoms with E-state index in [1.54, 1.807) is 0 Å². The summed E-state index contributed by atoms with van der Waals surface area (Å²) in [6, 6.07) is 0. The Hall–Kier alpha value is -0.0800. The van der Waals surface area contributed by atoms with Gasteiger partial charge < -0.3 is 11.5 Å². The van der Waals surface area contributed by atoms with Crippen LogP contribution in [0.25, 0.3) is 0 Å². The summed E-state index contributed by atoms with van der Waals surface area (Å²) < 4.78 is 0. The largest absolute Gasteiger partial charge is 0.330 e. The third kappa shape index (κ3) is 8.26. The van der Waals surface area contributed by atoms with Crippen LogP contribution < -0.4 is 11.5 Å². The molecule has 0 spiro atoms. The van der Waals surface area contributed by atoms with Gasteiger partial charge in [-0.15, -0.1) is 0 Å². The normalized spacial score (nSPS) is 13.2. The fraction of sp³-hybridized carbons (Fsp3) is 1.00. The minimum atomic E-state index is 0.673. The van der Waals surface area contributed by atoms with Crippen molar-refractivity contribution in [2.45, 2.75) is 51.9 Å². The average Bonchev–Trinajstić information content (AvgIpc) is 2.16. The Kier molecular flexibility index (Phi) is 9.94. The molecule has 0 amide bonds. The summed E-state index contributed by atoms with van der Waals surface area (Å²) in [4.78, 5) is 0.